The molecule has 0 bridgehead atoms. The Kier molecular flexibility index (Phi) is 10.6. The number of likely N-dealkylation sites (tertiary alicyclic amines) is 1. The van der Waals surface area contributed by atoms with Crippen molar-refractivity contribution in [3.63, 3.8) is 0 Å². The van der Waals surface area contributed by atoms with Gasteiger partial charge in [0.25, 0.3) is 0 Å². The fourth-order valence-corrected chi connectivity index (χ4v) is 4.90. The summed E-state index contributed by atoms with van der Waals surface area (Å²) in [5.74, 6) is -1.31. The van der Waals surface area contributed by atoms with Crippen molar-refractivity contribution in [3.05, 3.63) is 59.2 Å². The Morgan fingerprint density at radius 2 is 1.94 bits per heavy atom. The molecule has 4 rings (SSSR count). The zero-order chi connectivity index (χ0) is 23.9. The van der Waals surface area contributed by atoms with Gasteiger partial charge >= 0.3 is 0 Å². The van der Waals surface area contributed by atoms with Gasteiger partial charge in [-0.2, -0.15) is 4.39 Å². The Hall–Kier alpha value is -1.87. The molecule has 5 nitrogen and oxygen atoms in total. The summed E-state index contributed by atoms with van der Waals surface area (Å²) in [7, 11) is 1.99. The van der Waals surface area contributed by atoms with Gasteiger partial charge in [-0.25, -0.2) is 13.8 Å². The summed E-state index contributed by atoms with van der Waals surface area (Å²) < 4.78 is 48.0. The van der Waals surface area contributed by atoms with Gasteiger partial charge in [0.1, 0.15) is 12.4 Å². The highest BCUT2D eigenvalue weighted by Crippen LogP contribution is 2.46. The van der Waals surface area contributed by atoms with Crippen LogP contribution in [0.4, 0.5) is 13.2 Å². The van der Waals surface area contributed by atoms with Gasteiger partial charge in [0, 0.05) is 35.3 Å². The van der Waals surface area contributed by atoms with E-state index in [2.05, 4.69) is 20.5 Å². The average molecular weight is 513 g/mol. The van der Waals surface area contributed by atoms with Crippen LogP contribution in [0.25, 0.3) is 0 Å². The number of pyridine rings is 1. The lowest BCUT2D eigenvalue weighted by Gasteiger charge is -2.32. The maximum Gasteiger partial charge on any atom is 0.219 e. The van der Waals surface area contributed by atoms with Crippen molar-refractivity contribution in [2.75, 3.05) is 39.8 Å². The lowest BCUT2D eigenvalue weighted by Crippen LogP contribution is -2.36. The predicted octanol–water partition coefficient (Wildman–Crippen LogP) is 4.66. The Bertz CT molecular complexity index is 943. The number of nitrogens with one attached hydrogen (secondary N) is 2. The van der Waals surface area contributed by atoms with Gasteiger partial charge in [0.05, 0.1) is 0 Å². The van der Waals surface area contributed by atoms with Crippen LogP contribution in [0.5, 0.6) is 5.75 Å². The Labute approximate surface area is 212 Å². The van der Waals surface area contributed by atoms with E-state index >= 15 is 0 Å². The number of hydrogen-bond acceptors (Lipinski definition) is 5. The first-order chi connectivity index (χ1) is 16.5. The predicted molar refractivity (Wildman–Crippen MR) is 134 cm³/mol. The summed E-state index contributed by atoms with van der Waals surface area (Å²) in [4.78, 5) is 6.14. The molecule has 2 aliphatic rings. The number of rotatable bonds is 12. The molecule has 2 N–H and O–H groups in total. The van der Waals surface area contributed by atoms with Gasteiger partial charge in [-0.1, -0.05) is 0 Å². The van der Waals surface area contributed by atoms with E-state index in [0.29, 0.717) is 5.56 Å². The molecular formula is C26H36ClF3N4O. The molecule has 1 aromatic heterocycles. The first-order valence-corrected chi connectivity index (χ1v) is 12.4. The van der Waals surface area contributed by atoms with Crippen molar-refractivity contribution in [1.82, 2.24) is 20.5 Å². The number of benzene rings is 1. The van der Waals surface area contributed by atoms with Crippen LogP contribution in [0.15, 0.2) is 30.5 Å². The molecule has 0 spiro atoms. The zero-order valence-corrected chi connectivity index (χ0v) is 21.1. The van der Waals surface area contributed by atoms with E-state index in [1.807, 2.05) is 7.05 Å². The van der Waals surface area contributed by atoms with Crippen LogP contribution in [-0.2, 0) is 6.61 Å². The van der Waals surface area contributed by atoms with Crippen molar-refractivity contribution in [1.29, 1.82) is 0 Å². The molecule has 9 heteroatoms. The summed E-state index contributed by atoms with van der Waals surface area (Å²) in [5.41, 5.74) is 0.741. The highest BCUT2D eigenvalue weighted by Gasteiger charge is 2.41. The quantitative estimate of drug-likeness (QED) is 0.320. The van der Waals surface area contributed by atoms with Gasteiger partial charge in [-0.05, 0) is 96.0 Å². The average Bonchev–Trinajstić information content (AvgIpc) is 3.60. The van der Waals surface area contributed by atoms with Crippen molar-refractivity contribution < 1.29 is 17.9 Å². The Morgan fingerprint density at radius 3 is 2.69 bits per heavy atom. The normalized spacial score (nSPS) is 20.5. The van der Waals surface area contributed by atoms with E-state index < -0.39 is 17.6 Å². The van der Waals surface area contributed by atoms with E-state index in [4.69, 9.17) is 4.74 Å². The number of halogens is 4. The van der Waals surface area contributed by atoms with E-state index in [1.54, 1.807) is 6.07 Å². The molecule has 1 saturated heterocycles. The summed E-state index contributed by atoms with van der Waals surface area (Å²) >= 11 is 0. The van der Waals surface area contributed by atoms with Crippen LogP contribution < -0.4 is 15.4 Å². The summed E-state index contributed by atoms with van der Waals surface area (Å²) in [6, 6.07) is 5.47. The number of piperidine rings is 1. The molecule has 0 amide bonds. The molecule has 1 saturated carbocycles. The van der Waals surface area contributed by atoms with Crippen molar-refractivity contribution in [2.45, 2.75) is 50.7 Å². The molecule has 2 atom stereocenters. The van der Waals surface area contributed by atoms with Crippen LogP contribution in [0.3, 0.4) is 0 Å². The van der Waals surface area contributed by atoms with E-state index in [1.165, 1.54) is 50.7 Å². The monoisotopic (exact) mass is 512 g/mol. The van der Waals surface area contributed by atoms with Crippen LogP contribution in [-0.4, -0.2) is 55.7 Å². The summed E-state index contributed by atoms with van der Waals surface area (Å²) in [6.07, 6.45) is 6.92. The molecule has 35 heavy (non-hydrogen) atoms. The Balaban J connectivity index is 0.00000342. The van der Waals surface area contributed by atoms with Gasteiger partial charge in [0.2, 0.25) is 5.95 Å². The largest absolute Gasteiger partial charge is 0.485 e. The molecular weight excluding hydrogens is 477 g/mol. The SMILES string of the molecule is CNCCCN1CCC(CCN[C@@H]2C[C@H]2c2cc(F)cc(F)c2OCc2cccnc2F)CC1.Cl. The molecule has 1 aliphatic carbocycles. The van der Waals surface area contributed by atoms with E-state index in [0.717, 1.165) is 44.5 Å². The Morgan fingerprint density at radius 1 is 1.14 bits per heavy atom. The molecule has 0 radical (unpaired) electrons. The smallest absolute Gasteiger partial charge is 0.219 e. The fourth-order valence-electron chi connectivity index (χ4n) is 4.90. The first-order valence-electron chi connectivity index (χ1n) is 12.4. The van der Waals surface area contributed by atoms with Crippen LogP contribution in [0.1, 0.15) is 49.1 Å². The molecule has 2 aromatic rings. The van der Waals surface area contributed by atoms with Crippen molar-refractivity contribution in [3.8, 4) is 5.75 Å². The van der Waals surface area contributed by atoms with Crippen molar-refractivity contribution in [2.24, 2.45) is 5.92 Å². The van der Waals surface area contributed by atoms with Gasteiger partial charge in [-0.3, -0.25) is 0 Å². The van der Waals surface area contributed by atoms with E-state index in [-0.39, 0.29) is 42.3 Å². The molecule has 1 aromatic carbocycles. The van der Waals surface area contributed by atoms with Gasteiger partial charge in [-0.15, -0.1) is 12.4 Å². The maximum absolute atomic E-state index is 14.6. The van der Waals surface area contributed by atoms with Crippen LogP contribution >= 0.6 is 12.4 Å². The topological polar surface area (TPSA) is 49.4 Å². The minimum atomic E-state index is -0.758. The maximum atomic E-state index is 14.6. The third kappa shape index (κ3) is 7.81. The molecule has 2 heterocycles. The number of aromatic nitrogens is 1. The highest BCUT2D eigenvalue weighted by molar-refractivity contribution is 5.85. The summed E-state index contributed by atoms with van der Waals surface area (Å²) in [5, 5.41) is 6.76. The molecule has 0 unspecified atom stereocenters. The number of nitrogens with zero attached hydrogens (tertiary/aromatic N) is 2. The minimum absolute atomic E-state index is 0. The minimum Gasteiger partial charge on any atom is -0.485 e. The highest BCUT2D eigenvalue weighted by atomic mass is 35.5. The third-order valence-electron chi connectivity index (χ3n) is 7.00. The van der Waals surface area contributed by atoms with E-state index in [9.17, 15) is 13.2 Å². The lowest BCUT2D eigenvalue weighted by atomic mass is 9.93. The lowest BCUT2D eigenvalue weighted by molar-refractivity contribution is 0.177. The van der Waals surface area contributed by atoms with Gasteiger partial charge < -0.3 is 20.3 Å². The van der Waals surface area contributed by atoms with Crippen LogP contribution in [0, 0.1) is 23.5 Å². The number of ether oxygens (including phenoxy) is 1. The fraction of sp³-hybridized carbons (Fsp3) is 0.577. The zero-order valence-electron chi connectivity index (χ0n) is 20.2. The van der Waals surface area contributed by atoms with Gasteiger partial charge in [0.15, 0.2) is 11.6 Å². The number of hydrogen-bond donors (Lipinski definition) is 2. The molecule has 1 aliphatic heterocycles. The van der Waals surface area contributed by atoms with Crippen molar-refractivity contribution >= 4 is 12.4 Å². The molecule has 194 valence electrons. The first kappa shape index (κ1) is 27.7. The standard InChI is InChI=1S/C26H35F3N4O.ClH/c1-30-8-3-11-33-12-6-18(7-13-33)5-10-31-24-16-21(24)22-14-20(27)15-23(28)25(22)34-17-19-4-2-9-32-26(19)29;/h2,4,9,14-15,18,21,24,30-31H,3,5-8,10-13,16-17H2,1H3;1H/t21-,24+;/m0./s1. The summed E-state index contributed by atoms with van der Waals surface area (Å²) in [6.45, 7) is 5.31. The second kappa shape index (κ2) is 13.4. The molecule has 2 fully saturated rings. The van der Waals surface area contributed by atoms with Crippen LogP contribution in [0.2, 0.25) is 0 Å². The second-order valence-corrected chi connectivity index (χ2v) is 9.48. The second-order valence-electron chi connectivity index (χ2n) is 9.48. The third-order valence-corrected chi connectivity index (χ3v) is 7.00.